The first-order chi connectivity index (χ1) is 16.2. The molecule has 0 bridgehead atoms. The van der Waals surface area contributed by atoms with Gasteiger partial charge in [-0.25, -0.2) is 0 Å². The first-order valence-electron chi connectivity index (χ1n) is 11.3. The molecule has 1 aliphatic rings. The third-order valence-corrected chi connectivity index (χ3v) is 5.47. The van der Waals surface area contributed by atoms with Crippen LogP contribution in [0, 0.1) is 6.92 Å². The average Bonchev–Trinajstić information content (AvgIpc) is 3.25. The molecular formula is C24H27N7O2. The number of hydrogen-bond acceptors (Lipinski definition) is 8. The minimum Gasteiger partial charge on any atom is -0.488 e. The molecule has 0 radical (unpaired) electrons. The van der Waals surface area contributed by atoms with Gasteiger partial charge in [-0.3, -0.25) is 4.98 Å². The fourth-order valence-electron chi connectivity index (χ4n) is 3.91. The topological polar surface area (TPSA) is 101 Å². The SMILES string of the molecule is Cc1cccc(Nc2nc3nc(OCCOc4cccnc4)nc(N4CCCCC4)c3[nH]2)c1. The van der Waals surface area contributed by atoms with Crippen LogP contribution < -0.4 is 19.7 Å². The molecule has 170 valence electrons. The normalized spacial score (nSPS) is 13.8. The average molecular weight is 446 g/mol. The van der Waals surface area contributed by atoms with Gasteiger partial charge in [-0.15, -0.1) is 0 Å². The van der Waals surface area contributed by atoms with Gasteiger partial charge >= 0.3 is 6.01 Å². The molecule has 4 heterocycles. The molecule has 4 aromatic rings. The highest BCUT2D eigenvalue weighted by Crippen LogP contribution is 2.29. The predicted octanol–water partition coefficient (Wildman–Crippen LogP) is 4.25. The minimum atomic E-state index is 0.298. The monoisotopic (exact) mass is 445 g/mol. The number of ether oxygens (including phenoxy) is 2. The molecule has 5 rings (SSSR count). The summed E-state index contributed by atoms with van der Waals surface area (Å²) >= 11 is 0. The second-order valence-corrected chi connectivity index (χ2v) is 8.04. The van der Waals surface area contributed by atoms with E-state index in [0.717, 1.165) is 43.0 Å². The number of aryl methyl sites for hydroxylation is 1. The molecule has 1 aliphatic heterocycles. The van der Waals surface area contributed by atoms with Gasteiger partial charge in [0, 0.05) is 25.0 Å². The van der Waals surface area contributed by atoms with Gasteiger partial charge < -0.3 is 24.7 Å². The van der Waals surface area contributed by atoms with Gasteiger partial charge in [-0.05, 0) is 56.0 Å². The molecule has 9 heteroatoms. The predicted molar refractivity (Wildman–Crippen MR) is 127 cm³/mol. The van der Waals surface area contributed by atoms with Crippen LogP contribution in [-0.4, -0.2) is 51.2 Å². The quantitative estimate of drug-likeness (QED) is 0.388. The second-order valence-electron chi connectivity index (χ2n) is 8.04. The number of piperidine rings is 1. The number of nitrogens with one attached hydrogen (secondary N) is 2. The van der Waals surface area contributed by atoms with Crippen molar-refractivity contribution in [3.05, 3.63) is 54.4 Å². The van der Waals surface area contributed by atoms with Crippen LogP contribution in [-0.2, 0) is 0 Å². The Morgan fingerprint density at radius 2 is 1.88 bits per heavy atom. The maximum atomic E-state index is 5.84. The highest BCUT2D eigenvalue weighted by Gasteiger charge is 2.20. The largest absolute Gasteiger partial charge is 0.488 e. The van der Waals surface area contributed by atoms with E-state index in [4.69, 9.17) is 14.5 Å². The van der Waals surface area contributed by atoms with Crippen molar-refractivity contribution in [1.82, 2.24) is 24.9 Å². The molecule has 33 heavy (non-hydrogen) atoms. The van der Waals surface area contributed by atoms with E-state index in [9.17, 15) is 0 Å². The lowest BCUT2D eigenvalue weighted by Crippen LogP contribution is -2.30. The molecular weight excluding hydrogens is 418 g/mol. The Hall–Kier alpha value is -3.88. The van der Waals surface area contributed by atoms with Crippen LogP contribution in [0.4, 0.5) is 17.5 Å². The van der Waals surface area contributed by atoms with Crippen LogP contribution in [0.25, 0.3) is 11.2 Å². The standard InChI is InChI=1S/C24H27N7O2/c1-17-7-5-8-18(15-17)26-23-27-20-21(28-23)29-24(30-22(20)31-11-3-2-4-12-31)33-14-13-32-19-9-6-10-25-16-19/h5-10,15-16H,2-4,11-14H2,1H3,(H2,26,27,28,29,30). The van der Waals surface area contributed by atoms with Gasteiger partial charge in [0.05, 0.1) is 6.20 Å². The Labute approximate surface area is 192 Å². The van der Waals surface area contributed by atoms with Crippen molar-refractivity contribution in [3.8, 4) is 11.8 Å². The zero-order chi connectivity index (χ0) is 22.5. The van der Waals surface area contributed by atoms with Crippen molar-refractivity contribution in [2.45, 2.75) is 26.2 Å². The summed E-state index contributed by atoms with van der Waals surface area (Å²) in [6, 6.07) is 12.1. The van der Waals surface area contributed by atoms with Crippen LogP contribution in [0.15, 0.2) is 48.8 Å². The van der Waals surface area contributed by atoms with Gasteiger partial charge in [-0.1, -0.05) is 12.1 Å². The summed E-state index contributed by atoms with van der Waals surface area (Å²) in [6.45, 7) is 4.65. The summed E-state index contributed by atoms with van der Waals surface area (Å²) in [5, 5.41) is 3.33. The summed E-state index contributed by atoms with van der Waals surface area (Å²) < 4.78 is 11.5. The van der Waals surface area contributed by atoms with Crippen molar-refractivity contribution in [2.75, 3.05) is 36.5 Å². The van der Waals surface area contributed by atoms with E-state index in [1.807, 2.05) is 24.3 Å². The number of H-pyrrole nitrogens is 1. The number of hydrogen-bond donors (Lipinski definition) is 2. The maximum absolute atomic E-state index is 5.84. The minimum absolute atomic E-state index is 0.298. The van der Waals surface area contributed by atoms with E-state index in [-0.39, 0.29) is 0 Å². The molecule has 0 amide bonds. The van der Waals surface area contributed by atoms with E-state index in [2.05, 4.69) is 49.2 Å². The lowest BCUT2D eigenvalue weighted by molar-refractivity contribution is 0.206. The zero-order valence-electron chi connectivity index (χ0n) is 18.6. The van der Waals surface area contributed by atoms with Gasteiger partial charge in [0.25, 0.3) is 0 Å². The fourth-order valence-corrected chi connectivity index (χ4v) is 3.91. The van der Waals surface area contributed by atoms with Crippen LogP contribution in [0.5, 0.6) is 11.8 Å². The van der Waals surface area contributed by atoms with Gasteiger partial charge in [-0.2, -0.15) is 15.0 Å². The Bertz CT molecular complexity index is 1210. The summed E-state index contributed by atoms with van der Waals surface area (Å²) in [7, 11) is 0. The molecule has 0 spiro atoms. The number of fused-ring (bicyclic) bond motifs is 1. The summed E-state index contributed by atoms with van der Waals surface area (Å²) in [6.07, 6.45) is 6.90. The smallest absolute Gasteiger partial charge is 0.320 e. The van der Waals surface area contributed by atoms with Crippen molar-refractivity contribution >= 4 is 28.6 Å². The number of aromatic amines is 1. The molecule has 0 atom stereocenters. The number of benzene rings is 1. The molecule has 0 unspecified atom stereocenters. The number of anilines is 3. The lowest BCUT2D eigenvalue weighted by Gasteiger charge is -2.27. The molecule has 1 fully saturated rings. The molecule has 1 saturated heterocycles. The van der Waals surface area contributed by atoms with Crippen LogP contribution in [0.1, 0.15) is 24.8 Å². The zero-order valence-corrected chi connectivity index (χ0v) is 18.6. The van der Waals surface area contributed by atoms with Crippen LogP contribution in [0.2, 0.25) is 0 Å². The van der Waals surface area contributed by atoms with Gasteiger partial charge in [0.15, 0.2) is 11.5 Å². The van der Waals surface area contributed by atoms with E-state index in [1.54, 1.807) is 12.4 Å². The number of rotatable bonds is 8. The van der Waals surface area contributed by atoms with Crippen molar-refractivity contribution in [3.63, 3.8) is 0 Å². The third kappa shape index (κ3) is 5.14. The van der Waals surface area contributed by atoms with E-state index >= 15 is 0 Å². The van der Waals surface area contributed by atoms with Crippen molar-refractivity contribution in [1.29, 1.82) is 0 Å². The van der Waals surface area contributed by atoms with Crippen molar-refractivity contribution in [2.24, 2.45) is 0 Å². The fraction of sp³-hybridized carbons (Fsp3) is 0.333. The molecule has 0 aliphatic carbocycles. The first-order valence-corrected chi connectivity index (χ1v) is 11.3. The molecule has 3 aromatic heterocycles. The summed E-state index contributed by atoms with van der Waals surface area (Å²) in [5.74, 6) is 2.15. The van der Waals surface area contributed by atoms with Crippen molar-refractivity contribution < 1.29 is 9.47 Å². The Kier molecular flexibility index (Phi) is 6.19. The van der Waals surface area contributed by atoms with Crippen LogP contribution >= 0.6 is 0 Å². The highest BCUT2D eigenvalue weighted by molar-refractivity contribution is 5.86. The van der Waals surface area contributed by atoms with Gasteiger partial charge in [0.2, 0.25) is 5.95 Å². The summed E-state index contributed by atoms with van der Waals surface area (Å²) in [4.78, 5) is 23.6. The molecule has 9 nitrogen and oxygen atoms in total. The molecule has 2 N–H and O–H groups in total. The summed E-state index contributed by atoms with van der Waals surface area (Å²) in [5.41, 5.74) is 3.52. The second kappa shape index (κ2) is 9.72. The third-order valence-electron chi connectivity index (χ3n) is 5.47. The Morgan fingerprint density at radius 1 is 1.00 bits per heavy atom. The number of aromatic nitrogens is 5. The van der Waals surface area contributed by atoms with E-state index in [1.165, 1.54) is 12.0 Å². The van der Waals surface area contributed by atoms with E-state index in [0.29, 0.717) is 36.6 Å². The number of imidazole rings is 1. The number of nitrogens with zero attached hydrogens (tertiary/aromatic N) is 5. The van der Waals surface area contributed by atoms with Gasteiger partial charge in [0.1, 0.15) is 24.5 Å². The number of pyridine rings is 1. The van der Waals surface area contributed by atoms with E-state index < -0.39 is 0 Å². The highest BCUT2D eigenvalue weighted by atomic mass is 16.5. The Balaban J connectivity index is 1.36. The first kappa shape index (κ1) is 21.0. The lowest BCUT2D eigenvalue weighted by atomic mass is 10.1. The molecule has 1 aromatic carbocycles. The maximum Gasteiger partial charge on any atom is 0.320 e. The Morgan fingerprint density at radius 3 is 2.70 bits per heavy atom. The van der Waals surface area contributed by atoms with Crippen LogP contribution in [0.3, 0.4) is 0 Å². The molecule has 0 saturated carbocycles.